The van der Waals surface area contributed by atoms with Crippen LogP contribution in [0, 0.1) is 11.8 Å². The lowest BCUT2D eigenvalue weighted by Crippen LogP contribution is -2.05. The Kier molecular flexibility index (Phi) is 6.96. The Balaban J connectivity index is 3.41. The van der Waals surface area contributed by atoms with E-state index in [-0.39, 0.29) is 6.61 Å². The van der Waals surface area contributed by atoms with Gasteiger partial charge in [0.25, 0.3) is 0 Å². The first kappa shape index (κ1) is 12.3. The molecule has 0 unspecified atom stereocenters. The molecular formula is C9H12O5. The van der Waals surface area contributed by atoms with Gasteiger partial charge in [-0.15, -0.1) is 0 Å². The van der Waals surface area contributed by atoms with Crippen LogP contribution in [0.25, 0.3) is 0 Å². The SMILES string of the molecule is COC(=O)C#CCCCOC(=O)OC. The van der Waals surface area contributed by atoms with Gasteiger partial charge in [0.15, 0.2) is 0 Å². The summed E-state index contributed by atoms with van der Waals surface area (Å²) in [7, 11) is 2.50. The van der Waals surface area contributed by atoms with Crippen LogP contribution < -0.4 is 0 Å². The molecule has 5 nitrogen and oxygen atoms in total. The lowest BCUT2D eigenvalue weighted by atomic mass is 10.3. The zero-order valence-electron chi connectivity index (χ0n) is 8.16. The molecule has 14 heavy (non-hydrogen) atoms. The van der Waals surface area contributed by atoms with Gasteiger partial charge >= 0.3 is 12.1 Å². The van der Waals surface area contributed by atoms with Crippen molar-refractivity contribution in [3.8, 4) is 11.8 Å². The summed E-state index contributed by atoms with van der Waals surface area (Å²) in [6.45, 7) is 0.225. The molecule has 0 radical (unpaired) electrons. The zero-order chi connectivity index (χ0) is 10.8. The van der Waals surface area contributed by atoms with Crippen LogP contribution in [0.2, 0.25) is 0 Å². The number of methoxy groups -OCH3 is 2. The smallest absolute Gasteiger partial charge is 0.459 e. The van der Waals surface area contributed by atoms with Crippen LogP contribution in [0.4, 0.5) is 4.79 Å². The minimum absolute atomic E-state index is 0.225. The van der Waals surface area contributed by atoms with Gasteiger partial charge in [-0.25, -0.2) is 9.59 Å². The fourth-order valence-corrected chi connectivity index (χ4v) is 0.561. The molecule has 0 aliphatic carbocycles. The van der Waals surface area contributed by atoms with E-state index in [1.807, 2.05) is 0 Å². The van der Waals surface area contributed by atoms with Gasteiger partial charge in [0.1, 0.15) is 0 Å². The second-order valence-electron chi connectivity index (χ2n) is 2.20. The molecule has 0 spiro atoms. The predicted octanol–water partition coefficient (Wildman–Crippen LogP) is 0.726. The van der Waals surface area contributed by atoms with E-state index < -0.39 is 12.1 Å². The molecule has 0 aromatic heterocycles. The number of rotatable bonds is 3. The molecule has 78 valence electrons. The fraction of sp³-hybridized carbons (Fsp3) is 0.556. The Morgan fingerprint density at radius 3 is 2.50 bits per heavy atom. The van der Waals surface area contributed by atoms with Crippen molar-refractivity contribution < 1.29 is 23.8 Å². The Hall–Kier alpha value is -1.70. The summed E-state index contributed by atoms with van der Waals surface area (Å²) in [6.07, 6.45) is 0.302. The molecule has 0 atom stereocenters. The number of hydrogen-bond acceptors (Lipinski definition) is 5. The maximum absolute atomic E-state index is 10.5. The molecule has 0 amide bonds. The summed E-state index contributed by atoms with van der Waals surface area (Å²) >= 11 is 0. The van der Waals surface area contributed by atoms with E-state index in [4.69, 9.17) is 0 Å². The summed E-state index contributed by atoms with van der Waals surface area (Å²) in [5.41, 5.74) is 0. The fourth-order valence-electron chi connectivity index (χ4n) is 0.561. The van der Waals surface area contributed by atoms with Crippen molar-refractivity contribution in [3.63, 3.8) is 0 Å². The third-order valence-corrected chi connectivity index (χ3v) is 1.21. The Bertz CT molecular complexity index is 248. The molecule has 5 heteroatoms. The average Bonchev–Trinajstić information content (AvgIpc) is 2.22. The van der Waals surface area contributed by atoms with Crippen molar-refractivity contribution in [1.82, 2.24) is 0 Å². The molecule has 0 N–H and O–H groups in total. The molecule has 0 saturated carbocycles. The standard InChI is InChI=1S/C9H12O5/c1-12-8(10)6-4-3-5-7-14-9(11)13-2/h3,5,7H2,1-2H3. The first-order valence-corrected chi connectivity index (χ1v) is 3.98. The lowest BCUT2D eigenvalue weighted by Gasteiger charge is -1.99. The van der Waals surface area contributed by atoms with Gasteiger partial charge in [0.2, 0.25) is 0 Å². The summed E-state index contributed by atoms with van der Waals surface area (Å²) in [6, 6.07) is 0. The summed E-state index contributed by atoms with van der Waals surface area (Å²) in [4.78, 5) is 20.9. The average molecular weight is 200 g/mol. The van der Waals surface area contributed by atoms with Crippen LogP contribution in [-0.2, 0) is 19.0 Å². The van der Waals surface area contributed by atoms with Gasteiger partial charge in [-0.2, -0.15) is 0 Å². The van der Waals surface area contributed by atoms with Crippen molar-refractivity contribution in [2.75, 3.05) is 20.8 Å². The monoisotopic (exact) mass is 200 g/mol. The maximum Gasteiger partial charge on any atom is 0.507 e. The van der Waals surface area contributed by atoms with Crippen molar-refractivity contribution >= 4 is 12.1 Å². The van der Waals surface area contributed by atoms with Crippen LogP contribution in [0.1, 0.15) is 12.8 Å². The van der Waals surface area contributed by atoms with Gasteiger partial charge in [-0.1, -0.05) is 5.92 Å². The minimum atomic E-state index is -0.717. The van der Waals surface area contributed by atoms with E-state index in [1.165, 1.54) is 14.2 Å². The number of carbonyl (C=O) groups is 2. The van der Waals surface area contributed by atoms with Crippen LogP contribution >= 0.6 is 0 Å². The van der Waals surface area contributed by atoms with Crippen molar-refractivity contribution in [2.45, 2.75) is 12.8 Å². The summed E-state index contributed by atoms with van der Waals surface area (Å²) in [5, 5.41) is 0. The molecule has 0 aromatic rings. The third kappa shape index (κ3) is 6.98. The highest BCUT2D eigenvalue weighted by molar-refractivity contribution is 5.88. The molecule has 0 saturated heterocycles. The minimum Gasteiger partial charge on any atom is -0.459 e. The number of ether oxygens (including phenoxy) is 3. The topological polar surface area (TPSA) is 61.8 Å². The maximum atomic E-state index is 10.5. The number of unbranched alkanes of at least 4 members (excludes halogenated alkanes) is 1. The first-order valence-electron chi connectivity index (χ1n) is 3.98. The van der Waals surface area contributed by atoms with Gasteiger partial charge in [-0.05, 0) is 6.42 Å². The van der Waals surface area contributed by atoms with Gasteiger partial charge in [-0.3, -0.25) is 0 Å². The number of hydrogen-bond donors (Lipinski definition) is 0. The second-order valence-corrected chi connectivity index (χ2v) is 2.20. The van der Waals surface area contributed by atoms with E-state index >= 15 is 0 Å². The number of carbonyl (C=O) groups excluding carboxylic acids is 2. The highest BCUT2D eigenvalue weighted by Crippen LogP contribution is 1.90. The Morgan fingerprint density at radius 2 is 1.93 bits per heavy atom. The van der Waals surface area contributed by atoms with Crippen LogP contribution in [0.3, 0.4) is 0 Å². The van der Waals surface area contributed by atoms with Crippen molar-refractivity contribution in [3.05, 3.63) is 0 Å². The molecule has 0 aliphatic heterocycles. The van der Waals surface area contributed by atoms with E-state index in [2.05, 4.69) is 26.1 Å². The molecule has 0 fully saturated rings. The zero-order valence-corrected chi connectivity index (χ0v) is 8.16. The van der Waals surface area contributed by atoms with E-state index in [9.17, 15) is 9.59 Å². The van der Waals surface area contributed by atoms with Crippen LogP contribution in [-0.4, -0.2) is 33.0 Å². The van der Waals surface area contributed by atoms with E-state index in [1.54, 1.807) is 0 Å². The van der Waals surface area contributed by atoms with Gasteiger partial charge < -0.3 is 14.2 Å². The molecule has 0 aliphatic rings. The second kappa shape index (κ2) is 7.92. The molecule has 0 aromatic carbocycles. The predicted molar refractivity (Wildman–Crippen MR) is 47.4 cm³/mol. The molecule has 0 rings (SSSR count). The van der Waals surface area contributed by atoms with Crippen molar-refractivity contribution in [1.29, 1.82) is 0 Å². The summed E-state index contributed by atoms with van der Waals surface area (Å²) < 4.78 is 13.1. The first-order chi connectivity index (χ1) is 6.70. The van der Waals surface area contributed by atoms with Crippen LogP contribution in [0.5, 0.6) is 0 Å². The highest BCUT2D eigenvalue weighted by atomic mass is 16.7. The van der Waals surface area contributed by atoms with Gasteiger partial charge in [0.05, 0.1) is 20.8 Å². The Labute approximate surface area is 82.3 Å². The van der Waals surface area contributed by atoms with E-state index in [0.717, 1.165) is 0 Å². The highest BCUT2D eigenvalue weighted by Gasteiger charge is 1.97. The van der Waals surface area contributed by atoms with Gasteiger partial charge in [0, 0.05) is 12.3 Å². The quantitative estimate of drug-likeness (QED) is 0.291. The summed E-state index contributed by atoms with van der Waals surface area (Å²) in [5.74, 6) is 4.25. The van der Waals surface area contributed by atoms with E-state index in [0.29, 0.717) is 12.8 Å². The largest absolute Gasteiger partial charge is 0.507 e. The van der Waals surface area contributed by atoms with Crippen LogP contribution in [0.15, 0.2) is 0 Å². The molecular weight excluding hydrogens is 188 g/mol. The normalized spacial score (nSPS) is 8.14. The number of esters is 1. The molecule has 0 bridgehead atoms. The van der Waals surface area contributed by atoms with Crippen molar-refractivity contribution in [2.24, 2.45) is 0 Å². The Morgan fingerprint density at radius 1 is 1.21 bits per heavy atom. The molecule has 0 heterocycles. The lowest BCUT2D eigenvalue weighted by molar-refractivity contribution is -0.133. The third-order valence-electron chi connectivity index (χ3n) is 1.21.